The third-order valence-corrected chi connectivity index (χ3v) is 2.61. The summed E-state index contributed by atoms with van der Waals surface area (Å²) >= 11 is 0. The molecule has 90 valence electrons. The van der Waals surface area contributed by atoms with Crippen molar-refractivity contribution in [1.82, 2.24) is 0 Å². The lowest BCUT2D eigenvalue weighted by Gasteiger charge is -2.07. The van der Waals surface area contributed by atoms with Crippen LogP contribution in [0.2, 0.25) is 0 Å². The van der Waals surface area contributed by atoms with Gasteiger partial charge in [-0.15, -0.1) is 0 Å². The van der Waals surface area contributed by atoms with Crippen LogP contribution in [0, 0.1) is 24.1 Å². The number of anilines is 1. The maximum atomic E-state index is 13.2. The molecule has 0 aliphatic rings. The molecule has 0 aliphatic carbocycles. The number of halogens is 1. The molecule has 0 spiro atoms. The molecule has 0 aliphatic heterocycles. The fourth-order valence-corrected chi connectivity index (χ4v) is 1.78. The molecular weight excluding hydrogens is 227 g/mol. The van der Waals surface area contributed by atoms with Crippen molar-refractivity contribution < 1.29 is 4.39 Å². The number of hydrogen-bond acceptors (Lipinski definition) is 2. The van der Waals surface area contributed by atoms with Crippen LogP contribution in [0.15, 0.2) is 42.5 Å². The van der Waals surface area contributed by atoms with Gasteiger partial charge in [-0.3, -0.25) is 0 Å². The van der Waals surface area contributed by atoms with Crippen molar-refractivity contribution in [2.75, 3.05) is 5.32 Å². The van der Waals surface area contributed by atoms with Gasteiger partial charge in [-0.25, -0.2) is 4.39 Å². The number of hydrogen-bond donors (Lipinski definition) is 1. The Bertz CT molecular complexity index is 600. The number of aryl methyl sites for hydroxylation is 1. The van der Waals surface area contributed by atoms with Crippen LogP contribution in [0.3, 0.4) is 0 Å². The minimum atomic E-state index is -0.402. The monoisotopic (exact) mass is 240 g/mol. The predicted octanol–water partition coefficient (Wildman–Crippen LogP) is 3.62. The van der Waals surface area contributed by atoms with Gasteiger partial charge in [-0.05, 0) is 30.7 Å². The lowest BCUT2D eigenvalue weighted by molar-refractivity contribution is 0.627. The normalized spacial score (nSPS) is 9.83. The van der Waals surface area contributed by atoms with Crippen molar-refractivity contribution in [2.24, 2.45) is 0 Å². The molecule has 0 amide bonds. The molecule has 2 rings (SSSR count). The molecule has 2 aromatic rings. The molecule has 0 unspecified atom stereocenters. The summed E-state index contributed by atoms with van der Waals surface area (Å²) in [5, 5.41) is 11.9. The molecule has 0 radical (unpaired) electrons. The summed E-state index contributed by atoms with van der Waals surface area (Å²) in [7, 11) is 0. The third-order valence-electron chi connectivity index (χ3n) is 2.61. The highest BCUT2D eigenvalue weighted by Crippen LogP contribution is 2.15. The fraction of sp³-hybridized carbons (Fsp3) is 0.133. The van der Waals surface area contributed by atoms with E-state index in [4.69, 9.17) is 5.26 Å². The maximum absolute atomic E-state index is 13.2. The molecule has 0 fully saturated rings. The molecule has 0 aromatic heterocycles. The van der Waals surface area contributed by atoms with Gasteiger partial charge in [0.1, 0.15) is 5.82 Å². The van der Waals surface area contributed by atoms with Crippen molar-refractivity contribution in [2.45, 2.75) is 13.5 Å². The number of nitrogens with zero attached hydrogens (tertiary/aromatic N) is 1. The first-order valence-electron chi connectivity index (χ1n) is 5.67. The standard InChI is InChI=1S/C15H13FN2/c1-11-3-2-4-12(5-11)10-18-15-7-13(9-17)6-14(16)8-15/h2-8,18H,10H2,1H3. The van der Waals surface area contributed by atoms with Gasteiger partial charge in [0.2, 0.25) is 0 Å². The Morgan fingerprint density at radius 3 is 2.78 bits per heavy atom. The summed E-state index contributed by atoms with van der Waals surface area (Å²) in [4.78, 5) is 0. The highest BCUT2D eigenvalue weighted by Gasteiger charge is 2.00. The minimum Gasteiger partial charge on any atom is -0.381 e. The average Bonchev–Trinajstić information content (AvgIpc) is 2.36. The Hall–Kier alpha value is -2.34. The number of rotatable bonds is 3. The molecule has 1 N–H and O–H groups in total. The van der Waals surface area contributed by atoms with Gasteiger partial charge >= 0.3 is 0 Å². The minimum absolute atomic E-state index is 0.321. The maximum Gasteiger partial charge on any atom is 0.126 e. The van der Waals surface area contributed by atoms with Crippen LogP contribution in [0.1, 0.15) is 16.7 Å². The zero-order valence-corrected chi connectivity index (χ0v) is 10.1. The van der Waals surface area contributed by atoms with E-state index in [9.17, 15) is 4.39 Å². The Balaban J connectivity index is 2.11. The van der Waals surface area contributed by atoms with E-state index < -0.39 is 5.82 Å². The van der Waals surface area contributed by atoms with E-state index in [-0.39, 0.29) is 0 Å². The van der Waals surface area contributed by atoms with E-state index in [1.165, 1.54) is 17.7 Å². The zero-order valence-electron chi connectivity index (χ0n) is 10.1. The molecular formula is C15H13FN2. The summed E-state index contributed by atoms with van der Waals surface area (Å²) in [5.41, 5.74) is 3.25. The average molecular weight is 240 g/mol. The van der Waals surface area contributed by atoms with Crippen LogP contribution in [0.5, 0.6) is 0 Å². The fourth-order valence-electron chi connectivity index (χ4n) is 1.78. The first-order chi connectivity index (χ1) is 8.67. The van der Waals surface area contributed by atoms with Crippen LogP contribution in [-0.4, -0.2) is 0 Å². The molecule has 3 heteroatoms. The lowest BCUT2D eigenvalue weighted by atomic mass is 10.1. The van der Waals surface area contributed by atoms with Gasteiger partial charge in [0.15, 0.2) is 0 Å². The molecule has 0 atom stereocenters. The van der Waals surface area contributed by atoms with Crippen LogP contribution >= 0.6 is 0 Å². The molecule has 2 aromatic carbocycles. The van der Waals surface area contributed by atoms with Crippen LogP contribution in [0.4, 0.5) is 10.1 Å². The van der Waals surface area contributed by atoms with Crippen molar-refractivity contribution in [3.8, 4) is 6.07 Å². The summed E-state index contributed by atoms with van der Waals surface area (Å²) in [6.07, 6.45) is 0. The Morgan fingerprint density at radius 1 is 1.22 bits per heavy atom. The van der Waals surface area contributed by atoms with E-state index in [0.717, 1.165) is 5.56 Å². The molecule has 18 heavy (non-hydrogen) atoms. The Kier molecular flexibility index (Phi) is 3.59. The number of nitrogens with one attached hydrogen (secondary N) is 1. The Morgan fingerprint density at radius 2 is 2.06 bits per heavy atom. The molecule has 0 saturated carbocycles. The molecule has 0 saturated heterocycles. The van der Waals surface area contributed by atoms with Crippen molar-refractivity contribution in [3.05, 3.63) is 65.0 Å². The van der Waals surface area contributed by atoms with E-state index in [0.29, 0.717) is 17.8 Å². The van der Waals surface area contributed by atoms with Gasteiger partial charge in [0.25, 0.3) is 0 Å². The largest absolute Gasteiger partial charge is 0.381 e. The summed E-state index contributed by atoms with van der Waals surface area (Å²) < 4.78 is 13.2. The number of nitriles is 1. The smallest absolute Gasteiger partial charge is 0.126 e. The van der Waals surface area contributed by atoms with E-state index in [2.05, 4.69) is 11.4 Å². The summed E-state index contributed by atoms with van der Waals surface area (Å²) in [6.45, 7) is 2.63. The van der Waals surface area contributed by atoms with Gasteiger partial charge in [0.05, 0.1) is 11.6 Å². The van der Waals surface area contributed by atoms with Crippen LogP contribution in [-0.2, 0) is 6.54 Å². The van der Waals surface area contributed by atoms with Crippen molar-refractivity contribution in [3.63, 3.8) is 0 Å². The van der Waals surface area contributed by atoms with Gasteiger partial charge in [-0.2, -0.15) is 5.26 Å². The van der Waals surface area contributed by atoms with E-state index in [1.807, 2.05) is 31.2 Å². The second-order valence-corrected chi connectivity index (χ2v) is 4.18. The lowest BCUT2D eigenvalue weighted by Crippen LogP contribution is -2.00. The van der Waals surface area contributed by atoms with Gasteiger partial charge in [0, 0.05) is 12.2 Å². The van der Waals surface area contributed by atoms with Crippen molar-refractivity contribution >= 4 is 5.69 Å². The second kappa shape index (κ2) is 5.33. The van der Waals surface area contributed by atoms with Gasteiger partial charge < -0.3 is 5.32 Å². The topological polar surface area (TPSA) is 35.8 Å². The van der Waals surface area contributed by atoms with Crippen LogP contribution in [0.25, 0.3) is 0 Å². The highest BCUT2D eigenvalue weighted by molar-refractivity contribution is 5.50. The first kappa shape index (κ1) is 12.1. The van der Waals surface area contributed by atoms with Crippen molar-refractivity contribution in [1.29, 1.82) is 5.26 Å². The highest BCUT2D eigenvalue weighted by atomic mass is 19.1. The number of benzene rings is 2. The third kappa shape index (κ3) is 3.08. The molecule has 2 nitrogen and oxygen atoms in total. The Labute approximate surface area is 106 Å². The SMILES string of the molecule is Cc1cccc(CNc2cc(F)cc(C#N)c2)c1. The zero-order chi connectivity index (χ0) is 13.0. The molecule has 0 heterocycles. The first-order valence-corrected chi connectivity index (χ1v) is 5.67. The van der Waals surface area contributed by atoms with Crippen LogP contribution < -0.4 is 5.32 Å². The van der Waals surface area contributed by atoms with Gasteiger partial charge in [-0.1, -0.05) is 29.8 Å². The second-order valence-electron chi connectivity index (χ2n) is 4.18. The quantitative estimate of drug-likeness (QED) is 0.889. The van der Waals surface area contributed by atoms with E-state index >= 15 is 0 Å². The summed E-state index contributed by atoms with van der Waals surface area (Å²) in [6, 6.07) is 14.3. The molecule has 0 bridgehead atoms. The van der Waals surface area contributed by atoms with E-state index in [1.54, 1.807) is 6.07 Å². The summed E-state index contributed by atoms with van der Waals surface area (Å²) in [5.74, 6) is -0.402. The predicted molar refractivity (Wildman–Crippen MR) is 69.6 cm³/mol.